The van der Waals surface area contributed by atoms with Gasteiger partial charge in [-0.05, 0) is 80.4 Å². The first-order valence-corrected chi connectivity index (χ1v) is 10.9. The fourth-order valence-corrected chi connectivity index (χ4v) is 6.95. The maximum absolute atomic E-state index is 13.1. The number of amides is 2. The van der Waals surface area contributed by atoms with Crippen molar-refractivity contribution in [2.75, 3.05) is 20.2 Å². The van der Waals surface area contributed by atoms with Crippen LogP contribution in [-0.2, 0) is 0 Å². The summed E-state index contributed by atoms with van der Waals surface area (Å²) in [4.78, 5) is 14.9. The van der Waals surface area contributed by atoms with Crippen LogP contribution in [0.1, 0.15) is 56.4 Å². The van der Waals surface area contributed by atoms with Gasteiger partial charge in [-0.25, -0.2) is 4.79 Å². The summed E-state index contributed by atoms with van der Waals surface area (Å²) in [6, 6.07) is 7.96. The number of β-amino-alcohol motifs (C(OH)–C–C–N with tert-alkyl or cyclic N) is 1. The topological polar surface area (TPSA) is 61.8 Å². The summed E-state index contributed by atoms with van der Waals surface area (Å²) in [7, 11) is 1.66. The van der Waals surface area contributed by atoms with Gasteiger partial charge in [-0.15, -0.1) is 0 Å². The zero-order chi connectivity index (χ0) is 19.3. The Morgan fingerprint density at radius 3 is 2.46 bits per heavy atom. The molecule has 0 radical (unpaired) electrons. The Kier molecular flexibility index (Phi) is 4.53. The summed E-state index contributed by atoms with van der Waals surface area (Å²) >= 11 is 0. The van der Waals surface area contributed by atoms with Gasteiger partial charge in [0, 0.05) is 24.5 Å². The lowest BCUT2D eigenvalue weighted by Gasteiger charge is -2.57. The van der Waals surface area contributed by atoms with Gasteiger partial charge >= 0.3 is 6.03 Å². The number of rotatable bonds is 3. The number of urea groups is 1. The molecule has 5 aliphatic rings. The van der Waals surface area contributed by atoms with Crippen LogP contribution in [0.15, 0.2) is 24.3 Å². The van der Waals surface area contributed by atoms with Crippen LogP contribution in [0, 0.1) is 17.8 Å². The Morgan fingerprint density at radius 1 is 1.18 bits per heavy atom. The Hall–Kier alpha value is -1.75. The summed E-state index contributed by atoms with van der Waals surface area (Å²) in [6.07, 6.45) is 7.85. The van der Waals surface area contributed by atoms with Gasteiger partial charge in [0.05, 0.1) is 13.2 Å². The van der Waals surface area contributed by atoms with Crippen LogP contribution in [-0.4, -0.2) is 47.9 Å². The zero-order valence-corrected chi connectivity index (χ0v) is 16.8. The number of methoxy groups -OCH3 is 1. The van der Waals surface area contributed by atoms with Crippen LogP contribution < -0.4 is 10.1 Å². The van der Waals surface area contributed by atoms with Crippen molar-refractivity contribution in [2.45, 2.75) is 62.5 Å². The van der Waals surface area contributed by atoms with E-state index in [2.05, 4.69) is 5.32 Å². The molecule has 4 saturated carbocycles. The molecule has 6 rings (SSSR count). The highest BCUT2D eigenvalue weighted by Gasteiger charge is 2.52. The summed E-state index contributed by atoms with van der Waals surface area (Å²) in [6.45, 7) is 1.09. The fourth-order valence-electron chi connectivity index (χ4n) is 6.95. The molecule has 2 N–H and O–H groups in total. The van der Waals surface area contributed by atoms with Crippen LogP contribution >= 0.6 is 0 Å². The summed E-state index contributed by atoms with van der Waals surface area (Å²) in [5, 5.41) is 14.2. The molecule has 2 atom stereocenters. The van der Waals surface area contributed by atoms with E-state index in [-0.39, 0.29) is 17.5 Å². The van der Waals surface area contributed by atoms with E-state index in [1.807, 2.05) is 29.2 Å². The van der Waals surface area contributed by atoms with E-state index >= 15 is 0 Å². The van der Waals surface area contributed by atoms with Crippen LogP contribution in [0.4, 0.5) is 4.79 Å². The van der Waals surface area contributed by atoms with Gasteiger partial charge in [0.25, 0.3) is 0 Å². The maximum atomic E-state index is 13.1. The molecule has 1 aliphatic heterocycles. The molecule has 4 bridgehead atoms. The molecule has 2 amide bonds. The quantitative estimate of drug-likeness (QED) is 0.838. The van der Waals surface area contributed by atoms with Crippen LogP contribution in [0.25, 0.3) is 0 Å². The third kappa shape index (κ3) is 3.28. The average Bonchev–Trinajstić information content (AvgIpc) is 2.66. The molecule has 0 aromatic heterocycles. The highest BCUT2D eigenvalue weighted by molar-refractivity contribution is 5.75. The van der Waals surface area contributed by atoms with Gasteiger partial charge < -0.3 is 20.1 Å². The molecule has 0 unspecified atom stereocenters. The molecule has 5 nitrogen and oxygen atoms in total. The lowest BCUT2D eigenvalue weighted by Crippen LogP contribution is -2.63. The van der Waals surface area contributed by atoms with Crippen LogP contribution in [0.2, 0.25) is 0 Å². The summed E-state index contributed by atoms with van der Waals surface area (Å²) in [5.41, 5.74) is 1.12. The standard InChI is InChI=1S/C23H32N2O3/c1-28-19-4-2-3-18(10-19)20-5-6-25(14-21(20)26)22(27)24-23-11-15-7-16(12-23)9-17(8-15)13-23/h2-4,10,15-17,20-21,26H,5-9,11-14H2,1H3,(H,24,27)/t15?,16?,17?,20-,21-,23?/m0/s1. The first kappa shape index (κ1) is 18.3. The minimum atomic E-state index is -0.539. The van der Waals surface area contributed by atoms with Crippen molar-refractivity contribution >= 4 is 6.03 Å². The van der Waals surface area contributed by atoms with E-state index < -0.39 is 6.10 Å². The summed E-state index contributed by atoms with van der Waals surface area (Å²) < 4.78 is 5.32. The second-order valence-corrected chi connectivity index (χ2v) is 9.81. The van der Waals surface area contributed by atoms with E-state index in [0.717, 1.165) is 54.7 Å². The SMILES string of the molecule is COc1cccc([C@@H]2CCN(C(=O)NC34CC5CC(CC(C5)C3)C4)C[C@@H]2O)c1. The second-order valence-electron chi connectivity index (χ2n) is 9.81. The monoisotopic (exact) mass is 384 g/mol. The lowest BCUT2D eigenvalue weighted by molar-refractivity contribution is -0.0179. The zero-order valence-electron chi connectivity index (χ0n) is 16.8. The number of piperidine rings is 1. The number of aliphatic hydroxyl groups excluding tert-OH is 1. The van der Waals surface area contributed by atoms with Crippen molar-refractivity contribution in [1.29, 1.82) is 0 Å². The number of likely N-dealkylation sites (tertiary alicyclic amines) is 1. The molecule has 0 spiro atoms. The molecular formula is C23H32N2O3. The van der Waals surface area contributed by atoms with E-state index in [1.54, 1.807) is 7.11 Å². The van der Waals surface area contributed by atoms with Gasteiger partial charge in [0.15, 0.2) is 0 Å². The van der Waals surface area contributed by atoms with Crippen molar-refractivity contribution in [3.8, 4) is 5.75 Å². The van der Waals surface area contributed by atoms with Crippen molar-refractivity contribution in [2.24, 2.45) is 17.8 Å². The first-order valence-electron chi connectivity index (χ1n) is 10.9. The molecule has 1 heterocycles. The number of benzene rings is 1. The number of hydrogen-bond donors (Lipinski definition) is 2. The number of carbonyl (C=O) groups excluding carboxylic acids is 1. The predicted molar refractivity (Wildman–Crippen MR) is 107 cm³/mol. The fraction of sp³-hybridized carbons (Fsp3) is 0.696. The highest BCUT2D eigenvalue weighted by Crippen LogP contribution is 2.55. The minimum absolute atomic E-state index is 0.0282. The van der Waals surface area contributed by atoms with Crippen molar-refractivity contribution in [3.05, 3.63) is 29.8 Å². The number of aliphatic hydroxyl groups is 1. The molecule has 1 aromatic rings. The largest absolute Gasteiger partial charge is 0.497 e. The number of ether oxygens (including phenoxy) is 1. The normalized spacial score (nSPS) is 39.1. The third-order valence-corrected chi connectivity index (χ3v) is 7.80. The molecule has 1 aromatic carbocycles. The Morgan fingerprint density at radius 2 is 1.86 bits per heavy atom. The average molecular weight is 385 g/mol. The smallest absolute Gasteiger partial charge is 0.317 e. The van der Waals surface area contributed by atoms with Gasteiger partial charge in [0.1, 0.15) is 5.75 Å². The van der Waals surface area contributed by atoms with Gasteiger partial charge in [-0.2, -0.15) is 0 Å². The number of nitrogens with zero attached hydrogens (tertiary/aromatic N) is 1. The van der Waals surface area contributed by atoms with E-state index in [4.69, 9.17) is 4.74 Å². The maximum Gasteiger partial charge on any atom is 0.317 e. The molecule has 1 saturated heterocycles. The van der Waals surface area contributed by atoms with Gasteiger partial charge in [-0.3, -0.25) is 0 Å². The van der Waals surface area contributed by atoms with Crippen molar-refractivity contribution in [3.63, 3.8) is 0 Å². The Labute approximate surface area is 167 Å². The molecule has 152 valence electrons. The molecule has 5 heteroatoms. The molecule has 4 aliphatic carbocycles. The van der Waals surface area contributed by atoms with Crippen LogP contribution in [0.3, 0.4) is 0 Å². The van der Waals surface area contributed by atoms with Crippen molar-refractivity contribution in [1.82, 2.24) is 10.2 Å². The first-order chi connectivity index (χ1) is 13.5. The minimum Gasteiger partial charge on any atom is -0.497 e. The Balaban J connectivity index is 1.23. The van der Waals surface area contributed by atoms with Crippen molar-refractivity contribution < 1.29 is 14.6 Å². The number of carbonyl (C=O) groups is 1. The molecule has 28 heavy (non-hydrogen) atoms. The van der Waals surface area contributed by atoms with Gasteiger partial charge in [-0.1, -0.05) is 12.1 Å². The highest BCUT2D eigenvalue weighted by atomic mass is 16.5. The third-order valence-electron chi connectivity index (χ3n) is 7.80. The molecular weight excluding hydrogens is 352 g/mol. The van der Waals surface area contributed by atoms with Gasteiger partial charge in [0.2, 0.25) is 0 Å². The van der Waals surface area contributed by atoms with E-state index in [0.29, 0.717) is 13.1 Å². The Bertz CT molecular complexity index is 714. The predicted octanol–water partition coefficient (Wildman–Crippen LogP) is 3.52. The number of hydrogen-bond acceptors (Lipinski definition) is 3. The van der Waals surface area contributed by atoms with E-state index in [1.165, 1.54) is 19.3 Å². The second kappa shape index (κ2) is 6.94. The number of nitrogens with one attached hydrogen (secondary N) is 1. The summed E-state index contributed by atoms with van der Waals surface area (Å²) in [5.74, 6) is 3.31. The van der Waals surface area contributed by atoms with Crippen LogP contribution in [0.5, 0.6) is 5.75 Å². The van der Waals surface area contributed by atoms with E-state index in [9.17, 15) is 9.90 Å². The lowest BCUT2D eigenvalue weighted by atomic mass is 9.53. The molecule has 5 fully saturated rings.